The summed E-state index contributed by atoms with van der Waals surface area (Å²) in [6.07, 6.45) is 5.68. The predicted octanol–water partition coefficient (Wildman–Crippen LogP) is 0.654. The summed E-state index contributed by atoms with van der Waals surface area (Å²) in [6, 6.07) is 0. The van der Waals surface area contributed by atoms with Gasteiger partial charge in [0.1, 0.15) is 18.6 Å². The number of ether oxygens (including phenoxy) is 1. The largest absolute Gasteiger partial charge is 0.492 e. The Labute approximate surface area is 63.1 Å². The Kier molecular flexibility index (Phi) is 1.25. The summed E-state index contributed by atoms with van der Waals surface area (Å²) in [4.78, 5) is 14.3. The highest BCUT2D eigenvalue weighted by molar-refractivity contribution is 5.71. The van der Waals surface area contributed by atoms with Gasteiger partial charge in [0.15, 0.2) is 12.1 Å². The van der Waals surface area contributed by atoms with Crippen LogP contribution in [-0.2, 0) is 11.3 Å². The first-order chi connectivity index (χ1) is 5.40. The van der Waals surface area contributed by atoms with Crippen LogP contribution in [0.15, 0.2) is 12.5 Å². The van der Waals surface area contributed by atoms with Gasteiger partial charge in [0.05, 0.1) is 0 Å². The Morgan fingerprint density at radius 2 is 2.64 bits per heavy atom. The molecule has 1 aromatic rings. The Bertz CT molecular complexity index is 314. The van der Waals surface area contributed by atoms with Crippen molar-refractivity contribution in [3.05, 3.63) is 24.0 Å². The van der Waals surface area contributed by atoms with E-state index in [1.807, 2.05) is 0 Å². The minimum atomic E-state index is 0.435. The molecule has 1 aromatic heterocycles. The van der Waals surface area contributed by atoms with Gasteiger partial charge in [-0.3, -0.25) is 4.79 Å². The van der Waals surface area contributed by atoms with Crippen molar-refractivity contribution in [2.75, 3.05) is 0 Å². The van der Waals surface area contributed by atoms with Crippen LogP contribution in [0.5, 0.6) is 0 Å². The summed E-state index contributed by atoms with van der Waals surface area (Å²) in [5, 5.41) is 0. The molecule has 0 atom stereocenters. The number of aldehydes is 1. The molecule has 4 nitrogen and oxygen atoms in total. The third kappa shape index (κ3) is 0.920. The Hall–Kier alpha value is -1.58. The van der Waals surface area contributed by atoms with E-state index in [2.05, 4.69) is 4.98 Å². The maximum absolute atomic E-state index is 10.3. The number of carbonyl (C=O) groups is 1. The molecule has 0 unspecified atom stereocenters. The summed E-state index contributed by atoms with van der Waals surface area (Å²) in [5.41, 5.74) is 0.440. The van der Waals surface area contributed by atoms with E-state index < -0.39 is 0 Å². The molecule has 2 rings (SSSR count). The topological polar surface area (TPSA) is 44.1 Å². The standard InChI is InChI=1S/C7H6N2O2/c10-4-6-3-9-1-2-11-5-7(9)8-6/h1-4H,5H2. The van der Waals surface area contributed by atoms with Crippen molar-refractivity contribution in [1.29, 1.82) is 0 Å². The molecule has 0 aromatic carbocycles. The molecule has 0 radical (unpaired) electrons. The second-order valence-electron chi connectivity index (χ2n) is 2.20. The SMILES string of the molecule is O=Cc1cn2c(n1)COC=C2. The van der Waals surface area contributed by atoms with Crippen molar-refractivity contribution in [2.45, 2.75) is 6.61 Å². The fraction of sp³-hybridized carbons (Fsp3) is 0.143. The molecule has 0 amide bonds. The van der Waals surface area contributed by atoms with Crippen LogP contribution in [-0.4, -0.2) is 15.8 Å². The summed E-state index contributed by atoms with van der Waals surface area (Å²) in [6.45, 7) is 0.435. The average Bonchev–Trinajstić information content (AvgIpc) is 2.46. The molecule has 0 N–H and O–H groups in total. The van der Waals surface area contributed by atoms with Crippen LogP contribution in [0.3, 0.4) is 0 Å². The lowest BCUT2D eigenvalue weighted by molar-refractivity contribution is 0.111. The highest BCUT2D eigenvalue weighted by atomic mass is 16.5. The van der Waals surface area contributed by atoms with Crippen molar-refractivity contribution in [3.8, 4) is 0 Å². The molecule has 0 aliphatic carbocycles. The van der Waals surface area contributed by atoms with E-state index >= 15 is 0 Å². The van der Waals surface area contributed by atoms with Gasteiger partial charge in [-0.15, -0.1) is 0 Å². The monoisotopic (exact) mass is 150 g/mol. The van der Waals surface area contributed by atoms with E-state index in [-0.39, 0.29) is 0 Å². The highest BCUT2D eigenvalue weighted by Gasteiger charge is 2.07. The van der Waals surface area contributed by atoms with Crippen molar-refractivity contribution < 1.29 is 9.53 Å². The average molecular weight is 150 g/mol. The number of aromatic nitrogens is 2. The first-order valence-corrected chi connectivity index (χ1v) is 3.21. The van der Waals surface area contributed by atoms with E-state index in [1.54, 1.807) is 23.2 Å². The maximum atomic E-state index is 10.3. The van der Waals surface area contributed by atoms with Crippen molar-refractivity contribution in [2.24, 2.45) is 0 Å². The summed E-state index contributed by atoms with van der Waals surface area (Å²) in [7, 11) is 0. The van der Waals surface area contributed by atoms with Gasteiger partial charge in [-0.2, -0.15) is 0 Å². The Morgan fingerprint density at radius 3 is 3.36 bits per heavy atom. The second kappa shape index (κ2) is 2.23. The summed E-state index contributed by atoms with van der Waals surface area (Å²) >= 11 is 0. The number of fused-ring (bicyclic) bond motifs is 1. The van der Waals surface area contributed by atoms with Gasteiger partial charge >= 0.3 is 0 Å². The van der Waals surface area contributed by atoms with E-state index in [1.165, 1.54) is 0 Å². The van der Waals surface area contributed by atoms with Gasteiger partial charge in [0, 0.05) is 12.4 Å². The van der Waals surface area contributed by atoms with E-state index in [9.17, 15) is 4.79 Å². The van der Waals surface area contributed by atoms with Crippen LogP contribution in [0.25, 0.3) is 6.20 Å². The van der Waals surface area contributed by atoms with E-state index in [0.717, 1.165) is 12.1 Å². The third-order valence-corrected chi connectivity index (χ3v) is 1.48. The van der Waals surface area contributed by atoms with Gasteiger partial charge in [0.25, 0.3) is 0 Å². The molecule has 4 heteroatoms. The van der Waals surface area contributed by atoms with Gasteiger partial charge in [-0.25, -0.2) is 4.98 Å². The second-order valence-corrected chi connectivity index (χ2v) is 2.20. The van der Waals surface area contributed by atoms with Gasteiger partial charge in [-0.1, -0.05) is 0 Å². The fourth-order valence-corrected chi connectivity index (χ4v) is 0.977. The molecule has 2 heterocycles. The zero-order chi connectivity index (χ0) is 7.68. The molecule has 0 saturated heterocycles. The molecule has 0 saturated carbocycles. The van der Waals surface area contributed by atoms with Gasteiger partial charge < -0.3 is 9.30 Å². The van der Waals surface area contributed by atoms with Crippen molar-refractivity contribution in [1.82, 2.24) is 9.55 Å². The number of rotatable bonds is 1. The molecule has 1 aliphatic rings. The highest BCUT2D eigenvalue weighted by Crippen LogP contribution is 2.08. The van der Waals surface area contributed by atoms with Crippen LogP contribution in [0.4, 0.5) is 0 Å². The number of carbonyl (C=O) groups excluding carboxylic acids is 1. The lowest BCUT2D eigenvalue weighted by Gasteiger charge is -2.06. The van der Waals surface area contributed by atoms with Crippen LogP contribution in [0, 0.1) is 0 Å². The quantitative estimate of drug-likeness (QED) is 0.552. The lowest BCUT2D eigenvalue weighted by atomic mass is 10.5. The lowest BCUT2D eigenvalue weighted by Crippen LogP contribution is -2.01. The molecule has 11 heavy (non-hydrogen) atoms. The first-order valence-electron chi connectivity index (χ1n) is 3.21. The normalized spacial score (nSPS) is 13.8. The molecule has 0 spiro atoms. The van der Waals surface area contributed by atoms with Gasteiger partial charge in [0.2, 0.25) is 0 Å². The van der Waals surface area contributed by atoms with Crippen molar-refractivity contribution >= 4 is 12.5 Å². The molecule has 0 fully saturated rings. The smallest absolute Gasteiger partial charge is 0.170 e. The van der Waals surface area contributed by atoms with Gasteiger partial charge in [-0.05, 0) is 0 Å². The Balaban J connectivity index is 2.49. The first kappa shape index (κ1) is 6.15. The summed E-state index contributed by atoms with van der Waals surface area (Å²) < 4.78 is 6.75. The third-order valence-electron chi connectivity index (χ3n) is 1.48. The number of imidazole rings is 1. The molecule has 56 valence electrons. The van der Waals surface area contributed by atoms with Crippen LogP contribution in [0.1, 0.15) is 16.3 Å². The fourth-order valence-electron chi connectivity index (χ4n) is 0.977. The van der Waals surface area contributed by atoms with Crippen molar-refractivity contribution in [3.63, 3.8) is 0 Å². The van der Waals surface area contributed by atoms with Crippen LogP contribution >= 0.6 is 0 Å². The zero-order valence-corrected chi connectivity index (χ0v) is 5.73. The Morgan fingerprint density at radius 1 is 1.73 bits per heavy atom. The molecular weight excluding hydrogens is 144 g/mol. The van der Waals surface area contributed by atoms with E-state index in [4.69, 9.17) is 4.74 Å². The zero-order valence-electron chi connectivity index (χ0n) is 5.73. The molecule has 0 bridgehead atoms. The van der Waals surface area contributed by atoms with E-state index in [0.29, 0.717) is 12.3 Å². The maximum Gasteiger partial charge on any atom is 0.170 e. The predicted molar refractivity (Wildman–Crippen MR) is 37.7 cm³/mol. The minimum Gasteiger partial charge on any atom is -0.492 e. The number of nitrogens with zero attached hydrogens (tertiary/aromatic N) is 2. The molecular formula is C7H6N2O2. The van der Waals surface area contributed by atoms with Crippen LogP contribution in [0.2, 0.25) is 0 Å². The number of hydrogen-bond acceptors (Lipinski definition) is 3. The van der Waals surface area contributed by atoms with Crippen LogP contribution < -0.4 is 0 Å². The molecule has 1 aliphatic heterocycles. The summed E-state index contributed by atoms with van der Waals surface area (Å²) in [5.74, 6) is 0.759. The number of hydrogen-bond donors (Lipinski definition) is 0. The minimum absolute atomic E-state index is 0.435.